The first-order valence-electron chi connectivity index (χ1n) is 6.56. The van der Waals surface area contributed by atoms with Gasteiger partial charge < -0.3 is 10.5 Å². The second kappa shape index (κ2) is 9.65. The predicted molar refractivity (Wildman–Crippen MR) is 83.9 cm³/mol. The lowest BCUT2D eigenvalue weighted by Crippen LogP contribution is -2.38. The Morgan fingerprint density at radius 2 is 1.94 bits per heavy atom. The summed E-state index contributed by atoms with van der Waals surface area (Å²) < 4.78 is 5.93. The molecule has 18 heavy (non-hydrogen) atoms. The van der Waals surface area contributed by atoms with Crippen LogP contribution >= 0.6 is 11.8 Å². The van der Waals surface area contributed by atoms with Crippen LogP contribution in [0.25, 0.3) is 0 Å². The van der Waals surface area contributed by atoms with Gasteiger partial charge >= 0.3 is 0 Å². The molecule has 0 bridgehead atoms. The minimum atomic E-state index is 0.0763. The highest BCUT2D eigenvalue weighted by Crippen LogP contribution is 2.21. The molecule has 2 nitrogen and oxygen atoms in total. The minimum absolute atomic E-state index is 0.0763. The van der Waals surface area contributed by atoms with Crippen molar-refractivity contribution >= 4 is 11.8 Å². The van der Waals surface area contributed by atoms with Crippen molar-refractivity contribution in [3.8, 4) is 0 Å². The number of nitrogens with two attached hydrogens (primary N) is 1. The molecular formula is C15H29NOS. The fourth-order valence-electron chi connectivity index (χ4n) is 1.78. The van der Waals surface area contributed by atoms with Crippen LogP contribution in [0, 0.1) is 5.92 Å². The summed E-state index contributed by atoms with van der Waals surface area (Å²) in [5, 5.41) is 0. The van der Waals surface area contributed by atoms with Crippen LogP contribution < -0.4 is 5.73 Å². The Labute approximate surface area is 117 Å². The quantitative estimate of drug-likeness (QED) is 0.536. The van der Waals surface area contributed by atoms with E-state index in [0.29, 0.717) is 5.92 Å². The Hall–Kier alpha value is -0.250. The molecule has 0 heterocycles. The zero-order valence-electron chi connectivity index (χ0n) is 12.7. The molecule has 0 saturated heterocycles. The molecule has 0 aromatic heterocycles. The van der Waals surface area contributed by atoms with E-state index in [4.69, 9.17) is 10.5 Å². The van der Waals surface area contributed by atoms with Crippen LogP contribution in [0.3, 0.4) is 0 Å². The molecule has 0 aromatic carbocycles. The van der Waals surface area contributed by atoms with Gasteiger partial charge in [-0.1, -0.05) is 30.2 Å². The average molecular weight is 271 g/mol. The maximum absolute atomic E-state index is 6.27. The van der Waals surface area contributed by atoms with E-state index in [0.717, 1.165) is 12.4 Å². The molecule has 3 atom stereocenters. The van der Waals surface area contributed by atoms with Gasteiger partial charge in [-0.05, 0) is 40.4 Å². The van der Waals surface area contributed by atoms with Crippen molar-refractivity contribution in [2.24, 2.45) is 11.7 Å². The van der Waals surface area contributed by atoms with Crippen LogP contribution in [-0.2, 0) is 4.74 Å². The zero-order chi connectivity index (χ0) is 14.1. The second-order valence-electron chi connectivity index (χ2n) is 5.05. The van der Waals surface area contributed by atoms with Crippen LogP contribution in [0.5, 0.6) is 0 Å². The van der Waals surface area contributed by atoms with Crippen molar-refractivity contribution in [2.45, 2.75) is 53.2 Å². The summed E-state index contributed by atoms with van der Waals surface area (Å²) in [7, 11) is 0. The summed E-state index contributed by atoms with van der Waals surface area (Å²) >= 11 is 1.71. The topological polar surface area (TPSA) is 35.2 Å². The van der Waals surface area contributed by atoms with Gasteiger partial charge in [-0.15, -0.1) is 11.8 Å². The Bertz CT molecular complexity index is 282. The molecule has 0 aliphatic carbocycles. The Morgan fingerprint density at radius 3 is 2.39 bits per heavy atom. The van der Waals surface area contributed by atoms with Gasteiger partial charge in [-0.25, -0.2) is 0 Å². The number of rotatable bonds is 8. The van der Waals surface area contributed by atoms with Crippen molar-refractivity contribution in [1.82, 2.24) is 0 Å². The highest BCUT2D eigenvalue weighted by atomic mass is 32.2. The van der Waals surface area contributed by atoms with Crippen LogP contribution in [0.4, 0.5) is 0 Å². The lowest BCUT2D eigenvalue weighted by molar-refractivity contribution is 0.0451. The second-order valence-corrected chi connectivity index (χ2v) is 5.86. The van der Waals surface area contributed by atoms with E-state index < -0.39 is 0 Å². The van der Waals surface area contributed by atoms with E-state index in [9.17, 15) is 0 Å². The molecule has 106 valence electrons. The van der Waals surface area contributed by atoms with E-state index in [1.165, 1.54) is 11.1 Å². The van der Waals surface area contributed by atoms with Gasteiger partial charge in [-0.2, -0.15) is 0 Å². The Balaban J connectivity index is 4.66. The van der Waals surface area contributed by atoms with Gasteiger partial charge in [0.2, 0.25) is 0 Å². The third-order valence-electron chi connectivity index (χ3n) is 3.29. The molecule has 0 unspecified atom stereocenters. The van der Waals surface area contributed by atoms with Gasteiger partial charge in [0.05, 0.1) is 12.0 Å². The number of thioether (sulfide) groups is 1. The van der Waals surface area contributed by atoms with E-state index in [1.807, 2.05) is 6.92 Å². The highest BCUT2D eigenvalue weighted by molar-refractivity contribution is 7.98. The summed E-state index contributed by atoms with van der Waals surface area (Å²) in [6, 6.07) is 0.0763. The lowest BCUT2D eigenvalue weighted by atomic mass is 9.89. The number of hydrogen-bond acceptors (Lipinski definition) is 3. The third-order valence-corrected chi connectivity index (χ3v) is 3.66. The lowest BCUT2D eigenvalue weighted by Gasteiger charge is -2.29. The molecule has 0 aliphatic heterocycles. The van der Waals surface area contributed by atoms with Crippen molar-refractivity contribution in [1.29, 1.82) is 0 Å². The van der Waals surface area contributed by atoms with Gasteiger partial charge in [0.1, 0.15) is 0 Å². The van der Waals surface area contributed by atoms with Gasteiger partial charge in [0.15, 0.2) is 0 Å². The molecule has 0 spiro atoms. The summed E-state index contributed by atoms with van der Waals surface area (Å²) in [6.45, 7) is 10.5. The van der Waals surface area contributed by atoms with Gasteiger partial charge in [0, 0.05) is 12.0 Å². The number of hydrogen-bond donors (Lipinski definition) is 1. The van der Waals surface area contributed by atoms with Gasteiger partial charge in [0.25, 0.3) is 0 Å². The zero-order valence-corrected chi connectivity index (χ0v) is 13.5. The number of ether oxygens (including phenoxy) is 1. The minimum Gasteiger partial charge on any atom is -0.367 e. The maximum Gasteiger partial charge on any atom is 0.0922 e. The maximum atomic E-state index is 6.27. The molecule has 0 rings (SSSR count). The molecule has 0 radical (unpaired) electrons. The first-order valence-corrected chi connectivity index (χ1v) is 7.95. The number of allylic oxidation sites excluding steroid dienone is 2. The summed E-state index contributed by atoms with van der Waals surface area (Å²) in [5.41, 5.74) is 8.84. The fraction of sp³-hybridized carbons (Fsp3) is 0.733. The normalized spacial score (nSPS) is 17.2. The fourth-order valence-corrected chi connectivity index (χ4v) is 2.09. The summed E-state index contributed by atoms with van der Waals surface area (Å²) in [6.07, 6.45) is 7.51. The van der Waals surface area contributed by atoms with Crippen molar-refractivity contribution < 1.29 is 4.74 Å². The van der Waals surface area contributed by atoms with Crippen molar-refractivity contribution in [2.75, 3.05) is 12.2 Å². The SMILES string of the molecule is C/C=C(\C)[C@@H](N)[C@@H](C)[C@@H](CC=C(C)C)OCSC. The molecule has 3 heteroatoms. The molecule has 2 N–H and O–H groups in total. The highest BCUT2D eigenvalue weighted by Gasteiger charge is 2.23. The first-order chi connectivity index (χ1) is 8.43. The van der Waals surface area contributed by atoms with Crippen molar-refractivity contribution in [3.63, 3.8) is 0 Å². The van der Waals surface area contributed by atoms with Gasteiger partial charge in [-0.3, -0.25) is 0 Å². The molecule has 0 aromatic rings. The summed E-state index contributed by atoms with van der Waals surface area (Å²) in [4.78, 5) is 0. The third kappa shape index (κ3) is 6.62. The van der Waals surface area contributed by atoms with Crippen LogP contribution in [0.2, 0.25) is 0 Å². The largest absolute Gasteiger partial charge is 0.367 e. The molecule has 0 aliphatic rings. The van der Waals surface area contributed by atoms with Crippen LogP contribution in [0.15, 0.2) is 23.3 Å². The first kappa shape index (κ1) is 17.8. The van der Waals surface area contributed by atoms with E-state index in [2.05, 4.69) is 46.1 Å². The standard InChI is InChI=1S/C15H29NOS/c1-7-12(4)15(16)13(5)14(17-10-18-6)9-8-11(2)3/h7-8,13-15H,9-10,16H2,1-6H3/b12-7+/t13-,14+,15+/m0/s1. The Morgan fingerprint density at radius 1 is 1.33 bits per heavy atom. The smallest absolute Gasteiger partial charge is 0.0922 e. The van der Waals surface area contributed by atoms with Crippen molar-refractivity contribution in [3.05, 3.63) is 23.3 Å². The van der Waals surface area contributed by atoms with E-state index >= 15 is 0 Å². The molecule has 0 amide bonds. The van der Waals surface area contributed by atoms with Crippen LogP contribution in [0.1, 0.15) is 41.0 Å². The van der Waals surface area contributed by atoms with E-state index in [1.54, 1.807) is 11.8 Å². The molecular weight excluding hydrogens is 242 g/mol. The monoisotopic (exact) mass is 271 g/mol. The van der Waals surface area contributed by atoms with E-state index in [-0.39, 0.29) is 12.1 Å². The Kier molecular flexibility index (Phi) is 9.52. The summed E-state index contributed by atoms with van der Waals surface area (Å²) in [5.74, 6) is 1.05. The molecule has 0 fully saturated rings. The average Bonchev–Trinajstić information content (AvgIpc) is 2.36. The predicted octanol–water partition coefficient (Wildman–Crippen LogP) is 3.98. The molecule has 0 saturated carbocycles. The van der Waals surface area contributed by atoms with Crippen LogP contribution in [-0.4, -0.2) is 24.3 Å².